The molecule has 0 unspecified atom stereocenters. The van der Waals surface area contributed by atoms with Gasteiger partial charge >= 0.3 is 0 Å². The fraction of sp³-hybridized carbons (Fsp3) is 0.529. The van der Waals surface area contributed by atoms with Gasteiger partial charge in [-0.3, -0.25) is 4.79 Å². The Morgan fingerprint density at radius 3 is 3.00 bits per heavy atom. The number of amides is 1. The molecule has 2 aromatic heterocycles. The Balaban J connectivity index is 1.47. The lowest BCUT2D eigenvalue weighted by Gasteiger charge is -2.20. The van der Waals surface area contributed by atoms with Crippen LogP contribution in [0.25, 0.3) is 5.65 Å². The number of hydrogen-bond donors (Lipinski definition) is 1. The van der Waals surface area contributed by atoms with Crippen LogP contribution in [-0.4, -0.2) is 15.3 Å². The molecule has 0 aromatic carbocycles. The predicted octanol–water partition coefficient (Wildman–Crippen LogP) is 3.96. The highest BCUT2D eigenvalue weighted by Crippen LogP contribution is 2.27. The van der Waals surface area contributed by atoms with Gasteiger partial charge in [0.15, 0.2) is 0 Å². The van der Waals surface area contributed by atoms with E-state index in [0.717, 1.165) is 23.7 Å². The lowest BCUT2D eigenvalue weighted by Crippen LogP contribution is -2.23. The van der Waals surface area contributed by atoms with E-state index >= 15 is 0 Å². The summed E-state index contributed by atoms with van der Waals surface area (Å²) in [5.41, 5.74) is 1.66. The minimum absolute atomic E-state index is 0.126. The van der Waals surface area contributed by atoms with Gasteiger partial charge in [-0.25, -0.2) is 4.98 Å². The van der Waals surface area contributed by atoms with Gasteiger partial charge in [0.25, 0.3) is 0 Å². The number of imidazole rings is 1. The number of fused-ring (bicyclic) bond motifs is 1. The summed E-state index contributed by atoms with van der Waals surface area (Å²) in [5, 5.41) is 3.63. The van der Waals surface area contributed by atoms with E-state index in [9.17, 15) is 4.79 Å². The number of carbonyl (C=O) groups excluding carboxylic acids is 1. The highest BCUT2D eigenvalue weighted by Gasteiger charge is 2.14. The third-order valence-electron chi connectivity index (χ3n) is 4.44. The molecule has 1 aliphatic carbocycles. The largest absolute Gasteiger partial charge is 0.350 e. The van der Waals surface area contributed by atoms with Crippen LogP contribution in [0.5, 0.6) is 0 Å². The standard InChI is InChI=1S/C17H22ClN3O/c18-14-8-9-21-12-15(20-16(21)10-14)11-19-17(22)7-6-13-4-2-1-3-5-13/h8-10,12-13H,1-7,11H2,(H,19,22). The Morgan fingerprint density at radius 1 is 1.36 bits per heavy atom. The van der Waals surface area contributed by atoms with Crippen molar-refractivity contribution in [3.8, 4) is 0 Å². The summed E-state index contributed by atoms with van der Waals surface area (Å²) in [6, 6.07) is 3.64. The molecule has 1 amide bonds. The molecule has 1 fully saturated rings. The van der Waals surface area contributed by atoms with Gasteiger partial charge in [-0.05, 0) is 24.5 Å². The van der Waals surface area contributed by atoms with Gasteiger partial charge in [-0.2, -0.15) is 0 Å². The highest BCUT2D eigenvalue weighted by atomic mass is 35.5. The number of aromatic nitrogens is 2. The van der Waals surface area contributed by atoms with Crippen LogP contribution in [0.3, 0.4) is 0 Å². The summed E-state index contributed by atoms with van der Waals surface area (Å²) >= 11 is 5.95. The zero-order chi connectivity index (χ0) is 15.4. The third kappa shape index (κ3) is 4.01. The third-order valence-corrected chi connectivity index (χ3v) is 4.68. The zero-order valence-corrected chi connectivity index (χ0v) is 13.5. The molecule has 2 heterocycles. The van der Waals surface area contributed by atoms with Crippen molar-refractivity contribution in [1.29, 1.82) is 0 Å². The summed E-state index contributed by atoms with van der Waals surface area (Å²) < 4.78 is 1.91. The van der Waals surface area contributed by atoms with Crippen LogP contribution >= 0.6 is 11.6 Å². The first-order valence-corrected chi connectivity index (χ1v) is 8.48. The fourth-order valence-corrected chi connectivity index (χ4v) is 3.34. The second-order valence-corrected chi connectivity index (χ2v) is 6.60. The number of pyridine rings is 1. The molecular weight excluding hydrogens is 298 g/mol. The molecule has 0 saturated heterocycles. The van der Waals surface area contributed by atoms with E-state index in [1.807, 2.05) is 28.9 Å². The molecule has 22 heavy (non-hydrogen) atoms. The van der Waals surface area contributed by atoms with E-state index in [4.69, 9.17) is 11.6 Å². The lowest BCUT2D eigenvalue weighted by atomic mass is 9.86. The maximum Gasteiger partial charge on any atom is 0.220 e. The van der Waals surface area contributed by atoms with Crippen molar-refractivity contribution in [2.75, 3.05) is 0 Å². The topological polar surface area (TPSA) is 46.4 Å². The van der Waals surface area contributed by atoms with Crippen LogP contribution in [0.4, 0.5) is 0 Å². The van der Waals surface area contributed by atoms with Crippen LogP contribution in [0.1, 0.15) is 50.6 Å². The summed E-state index contributed by atoms with van der Waals surface area (Å²) in [6.45, 7) is 0.475. The summed E-state index contributed by atoms with van der Waals surface area (Å²) in [6.07, 6.45) is 12.1. The molecule has 0 radical (unpaired) electrons. The Morgan fingerprint density at radius 2 is 2.18 bits per heavy atom. The van der Waals surface area contributed by atoms with Gasteiger partial charge in [0.1, 0.15) is 5.65 Å². The molecule has 118 valence electrons. The quantitative estimate of drug-likeness (QED) is 0.906. The Hall–Kier alpha value is -1.55. The molecule has 0 aliphatic heterocycles. The van der Waals surface area contributed by atoms with Crippen molar-refractivity contribution in [2.24, 2.45) is 5.92 Å². The SMILES string of the molecule is O=C(CCC1CCCCC1)NCc1cn2ccc(Cl)cc2n1. The van der Waals surface area contributed by atoms with E-state index in [1.165, 1.54) is 32.1 Å². The van der Waals surface area contributed by atoms with Gasteiger partial charge in [0.2, 0.25) is 5.91 Å². The van der Waals surface area contributed by atoms with Gasteiger partial charge in [-0.1, -0.05) is 43.7 Å². The monoisotopic (exact) mass is 319 g/mol. The molecule has 1 aliphatic rings. The number of carbonyl (C=O) groups is 1. The Labute approximate surface area is 135 Å². The normalized spacial score (nSPS) is 16.0. The number of halogens is 1. The summed E-state index contributed by atoms with van der Waals surface area (Å²) in [4.78, 5) is 16.4. The first-order chi connectivity index (χ1) is 10.7. The van der Waals surface area contributed by atoms with Crippen LogP contribution in [0.2, 0.25) is 5.02 Å². The van der Waals surface area contributed by atoms with Crippen molar-refractivity contribution < 1.29 is 4.79 Å². The predicted molar refractivity (Wildman–Crippen MR) is 87.9 cm³/mol. The molecule has 0 spiro atoms. The van der Waals surface area contributed by atoms with Gasteiger partial charge in [-0.15, -0.1) is 0 Å². The summed E-state index contributed by atoms with van der Waals surface area (Å²) in [5.74, 6) is 0.873. The van der Waals surface area contributed by atoms with Crippen LogP contribution in [-0.2, 0) is 11.3 Å². The maximum atomic E-state index is 12.0. The smallest absolute Gasteiger partial charge is 0.220 e. The molecule has 3 rings (SSSR count). The zero-order valence-electron chi connectivity index (χ0n) is 12.7. The molecule has 5 heteroatoms. The van der Waals surface area contributed by atoms with Crippen molar-refractivity contribution in [1.82, 2.24) is 14.7 Å². The van der Waals surface area contributed by atoms with E-state index in [1.54, 1.807) is 0 Å². The van der Waals surface area contributed by atoms with Gasteiger partial charge in [0, 0.05) is 23.8 Å². The number of nitrogens with one attached hydrogen (secondary N) is 1. The van der Waals surface area contributed by atoms with Crippen LogP contribution in [0, 0.1) is 5.92 Å². The molecule has 4 nitrogen and oxygen atoms in total. The van der Waals surface area contributed by atoms with E-state index < -0.39 is 0 Å². The number of hydrogen-bond acceptors (Lipinski definition) is 2. The van der Waals surface area contributed by atoms with Crippen LogP contribution < -0.4 is 5.32 Å². The molecule has 0 atom stereocenters. The first kappa shape index (κ1) is 15.3. The number of rotatable bonds is 5. The fourth-order valence-electron chi connectivity index (χ4n) is 3.18. The molecule has 0 bridgehead atoms. The van der Waals surface area contributed by atoms with E-state index in [0.29, 0.717) is 18.0 Å². The molecular formula is C17H22ClN3O. The van der Waals surface area contributed by atoms with Gasteiger partial charge < -0.3 is 9.72 Å². The average molecular weight is 320 g/mol. The molecule has 1 saturated carbocycles. The lowest BCUT2D eigenvalue weighted by molar-refractivity contribution is -0.121. The van der Waals surface area contributed by atoms with E-state index in [2.05, 4.69) is 10.3 Å². The first-order valence-electron chi connectivity index (χ1n) is 8.10. The Kier molecular flexibility index (Phi) is 4.98. The maximum absolute atomic E-state index is 12.0. The summed E-state index contributed by atoms with van der Waals surface area (Å²) in [7, 11) is 0. The van der Waals surface area contributed by atoms with Crippen molar-refractivity contribution in [3.05, 3.63) is 35.2 Å². The molecule has 1 N–H and O–H groups in total. The van der Waals surface area contributed by atoms with Gasteiger partial charge in [0.05, 0.1) is 12.2 Å². The minimum atomic E-state index is 0.126. The Bertz CT molecular complexity index is 646. The molecule has 2 aromatic rings. The second-order valence-electron chi connectivity index (χ2n) is 6.16. The average Bonchev–Trinajstić information content (AvgIpc) is 2.94. The van der Waals surface area contributed by atoms with E-state index in [-0.39, 0.29) is 5.91 Å². The minimum Gasteiger partial charge on any atom is -0.350 e. The second kappa shape index (κ2) is 7.14. The van der Waals surface area contributed by atoms with Crippen molar-refractivity contribution in [2.45, 2.75) is 51.5 Å². The highest BCUT2D eigenvalue weighted by molar-refractivity contribution is 6.30. The van der Waals surface area contributed by atoms with Crippen LogP contribution in [0.15, 0.2) is 24.5 Å². The number of nitrogens with zero attached hydrogens (tertiary/aromatic N) is 2. The van der Waals surface area contributed by atoms with Crippen molar-refractivity contribution in [3.63, 3.8) is 0 Å². The van der Waals surface area contributed by atoms with Crippen molar-refractivity contribution >= 4 is 23.2 Å².